The summed E-state index contributed by atoms with van der Waals surface area (Å²) in [6, 6.07) is 11.6. The average molecular weight is 511 g/mol. The quantitative estimate of drug-likeness (QED) is 0.621. The molecular weight excluding hydrogens is 475 g/mol. The molecular formula is C28H35FN4O4. The molecule has 0 radical (unpaired) electrons. The van der Waals surface area contributed by atoms with Gasteiger partial charge in [-0.3, -0.25) is 14.5 Å². The number of piperidine rings is 1. The van der Waals surface area contributed by atoms with Crippen LogP contribution in [-0.4, -0.2) is 89.6 Å². The van der Waals surface area contributed by atoms with Gasteiger partial charge < -0.3 is 25.0 Å². The van der Waals surface area contributed by atoms with Crippen LogP contribution >= 0.6 is 0 Å². The summed E-state index contributed by atoms with van der Waals surface area (Å²) in [6.07, 6.45) is 1.59. The number of aliphatic hydroxyl groups is 1. The Kier molecular flexibility index (Phi) is 7.62. The zero-order valence-corrected chi connectivity index (χ0v) is 21.3. The van der Waals surface area contributed by atoms with Crippen LogP contribution in [0.3, 0.4) is 0 Å². The van der Waals surface area contributed by atoms with Gasteiger partial charge in [0.2, 0.25) is 5.91 Å². The minimum Gasteiger partial charge on any atom is -0.491 e. The fourth-order valence-corrected chi connectivity index (χ4v) is 5.57. The first-order valence-corrected chi connectivity index (χ1v) is 13.1. The summed E-state index contributed by atoms with van der Waals surface area (Å²) in [5, 5.41) is 14.1. The Hall–Kier alpha value is -3.17. The molecule has 37 heavy (non-hydrogen) atoms. The molecule has 2 N–H and O–H groups in total. The van der Waals surface area contributed by atoms with Crippen LogP contribution in [0.4, 0.5) is 10.1 Å². The molecule has 0 unspecified atom stereocenters. The summed E-state index contributed by atoms with van der Waals surface area (Å²) >= 11 is 0. The molecule has 0 aliphatic carbocycles. The Balaban J connectivity index is 1.23. The van der Waals surface area contributed by atoms with Crippen LogP contribution in [-0.2, 0) is 17.8 Å². The van der Waals surface area contributed by atoms with Gasteiger partial charge in [0.05, 0.1) is 18.3 Å². The number of nitrogens with one attached hydrogen (secondary N) is 1. The fraction of sp³-hybridized carbons (Fsp3) is 0.500. The number of amides is 2. The smallest absolute Gasteiger partial charge is 0.260 e. The van der Waals surface area contributed by atoms with Gasteiger partial charge in [-0.2, -0.15) is 0 Å². The van der Waals surface area contributed by atoms with Gasteiger partial charge in [0.25, 0.3) is 5.91 Å². The van der Waals surface area contributed by atoms with E-state index in [1.54, 1.807) is 24.0 Å². The third-order valence-electron chi connectivity index (χ3n) is 7.63. The van der Waals surface area contributed by atoms with E-state index < -0.39 is 17.8 Å². The number of benzene rings is 2. The number of hydrogen-bond donors (Lipinski definition) is 2. The monoisotopic (exact) mass is 510 g/mol. The molecule has 3 aliphatic rings. The van der Waals surface area contributed by atoms with Crippen LogP contribution in [0, 0.1) is 5.82 Å². The number of β-amino-alcohol motifs (C(OH)–C–C–N with tert-alkyl or cyclic N) is 1. The van der Waals surface area contributed by atoms with Crippen molar-refractivity contribution in [2.24, 2.45) is 0 Å². The minimum absolute atomic E-state index is 0.0116. The van der Waals surface area contributed by atoms with Gasteiger partial charge in [-0.05, 0) is 42.5 Å². The molecule has 5 rings (SSSR count). The second kappa shape index (κ2) is 11.1. The summed E-state index contributed by atoms with van der Waals surface area (Å²) in [5.74, 6) is -0.831. The Bertz CT molecular complexity index is 1150. The van der Waals surface area contributed by atoms with Crippen molar-refractivity contribution in [2.75, 3.05) is 51.2 Å². The average Bonchev–Trinajstić information content (AvgIpc) is 3.04. The van der Waals surface area contributed by atoms with Crippen molar-refractivity contribution in [3.05, 3.63) is 58.9 Å². The van der Waals surface area contributed by atoms with E-state index in [1.807, 2.05) is 12.1 Å². The van der Waals surface area contributed by atoms with Crippen molar-refractivity contribution in [3.8, 4) is 5.75 Å². The van der Waals surface area contributed by atoms with Gasteiger partial charge in [0.15, 0.2) is 5.82 Å². The lowest BCUT2D eigenvalue weighted by Crippen LogP contribution is -2.44. The van der Waals surface area contributed by atoms with Gasteiger partial charge in [-0.25, -0.2) is 4.39 Å². The fourth-order valence-electron chi connectivity index (χ4n) is 5.57. The first-order chi connectivity index (χ1) is 17.9. The number of carbonyl (C=O) groups is 2. The first-order valence-electron chi connectivity index (χ1n) is 13.1. The molecule has 0 bridgehead atoms. The van der Waals surface area contributed by atoms with Crippen LogP contribution in [0.1, 0.15) is 41.3 Å². The van der Waals surface area contributed by atoms with Gasteiger partial charge in [-0.15, -0.1) is 0 Å². The predicted molar refractivity (Wildman–Crippen MR) is 138 cm³/mol. The summed E-state index contributed by atoms with van der Waals surface area (Å²) in [6.45, 7) is 5.48. The number of likely N-dealkylation sites (tertiary alicyclic amines) is 1. The molecule has 3 aliphatic heterocycles. The van der Waals surface area contributed by atoms with E-state index >= 15 is 4.39 Å². The largest absolute Gasteiger partial charge is 0.491 e. The number of nitrogens with zero attached hydrogens (tertiary/aromatic N) is 3. The van der Waals surface area contributed by atoms with Gasteiger partial charge >= 0.3 is 0 Å². The molecule has 3 heterocycles. The molecule has 1 atom stereocenters. The van der Waals surface area contributed by atoms with Crippen LogP contribution in [0.5, 0.6) is 5.75 Å². The molecule has 0 aromatic heterocycles. The number of halogens is 1. The zero-order chi connectivity index (χ0) is 25.9. The number of carbonyl (C=O) groups excluding carboxylic acids is 2. The van der Waals surface area contributed by atoms with Gasteiger partial charge in [-0.1, -0.05) is 24.3 Å². The first kappa shape index (κ1) is 25.5. The Labute approximate surface area is 217 Å². The Morgan fingerprint density at radius 1 is 1.11 bits per heavy atom. The highest BCUT2D eigenvalue weighted by Gasteiger charge is 2.31. The molecule has 1 fully saturated rings. The van der Waals surface area contributed by atoms with Crippen LogP contribution in [0.2, 0.25) is 0 Å². The lowest BCUT2D eigenvalue weighted by atomic mass is 10.00. The van der Waals surface area contributed by atoms with Gasteiger partial charge in [0, 0.05) is 52.2 Å². The maximum atomic E-state index is 15.6. The van der Waals surface area contributed by atoms with Crippen molar-refractivity contribution in [1.82, 2.24) is 14.7 Å². The van der Waals surface area contributed by atoms with Crippen LogP contribution in [0.15, 0.2) is 36.4 Å². The number of fused-ring (bicyclic) bond motifs is 2. The lowest BCUT2D eigenvalue weighted by molar-refractivity contribution is -0.129. The number of anilines is 1. The van der Waals surface area contributed by atoms with E-state index in [0.29, 0.717) is 32.5 Å². The number of hydrogen-bond acceptors (Lipinski definition) is 6. The molecule has 1 saturated heterocycles. The molecule has 2 aromatic carbocycles. The van der Waals surface area contributed by atoms with E-state index in [4.69, 9.17) is 4.74 Å². The highest BCUT2D eigenvalue weighted by Crippen LogP contribution is 2.32. The Morgan fingerprint density at radius 2 is 1.86 bits per heavy atom. The van der Waals surface area contributed by atoms with E-state index in [2.05, 4.69) is 22.3 Å². The van der Waals surface area contributed by atoms with Crippen molar-refractivity contribution < 1.29 is 23.8 Å². The third kappa shape index (κ3) is 5.72. The van der Waals surface area contributed by atoms with Crippen LogP contribution in [0.25, 0.3) is 0 Å². The number of rotatable bonds is 6. The molecule has 0 spiro atoms. The molecule has 8 nitrogen and oxygen atoms in total. The normalized spacial score (nSPS) is 19.5. The van der Waals surface area contributed by atoms with E-state index in [0.717, 1.165) is 19.5 Å². The van der Waals surface area contributed by atoms with Gasteiger partial charge in [0.1, 0.15) is 17.9 Å². The van der Waals surface area contributed by atoms with Crippen molar-refractivity contribution in [1.29, 1.82) is 0 Å². The van der Waals surface area contributed by atoms with E-state index in [1.165, 1.54) is 16.0 Å². The van der Waals surface area contributed by atoms with Crippen LogP contribution < -0.4 is 10.1 Å². The van der Waals surface area contributed by atoms with Crippen molar-refractivity contribution in [2.45, 2.75) is 44.9 Å². The Morgan fingerprint density at radius 3 is 2.62 bits per heavy atom. The van der Waals surface area contributed by atoms with Crippen molar-refractivity contribution >= 4 is 17.5 Å². The standard InChI is InChI=1S/C28H35FN4O4/c1-19(34)32-12-9-22(10-13-32)30-24-6-7-25-26(27(24)29)28(36)33(14-15-37-25)18-23(35)17-31-11-8-20-4-2-3-5-21(20)16-31/h2-7,22-23,30,35H,8-18H2,1H3/t23-/m1/s1. The summed E-state index contributed by atoms with van der Waals surface area (Å²) in [4.78, 5) is 30.5. The summed E-state index contributed by atoms with van der Waals surface area (Å²) in [7, 11) is 0. The lowest BCUT2D eigenvalue weighted by Gasteiger charge is -2.32. The number of ether oxygens (including phenoxy) is 1. The number of aliphatic hydroxyl groups excluding tert-OH is 1. The molecule has 0 saturated carbocycles. The molecule has 2 amide bonds. The van der Waals surface area contributed by atoms with E-state index in [9.17, 15) is 14.7 Å². The minimum atomic E-state index is -0.758. The molecule has 198 valence electrons. The second-order valence-electron chi connectivity index (χ2n) is 10.2. The second-order valence-corrected chi connectivity index (χ2v) is 10.2. The predicted octanol–water partition coefficient (Wildman–Crippen LogP) is 2.50. The summed E-state index contributed by atoms with van der Waals surface area (Å²) in [5.41, 5.74) is 2.77. The van der Waals surface area contributed by atoms with E-state index in [-0.39, 0.29) is 48.6 Å². The SMILES string of the molecule is CC(=O)N1CCC(Nc2ccc3c(c2F)C(=O)N(C[C@H](O)CN2CCc4ccccc4C2)CCO3)CC1. The molecule has 2 aromatic rings. The topological polar surface area (TPSA) is 85.4 Å². The third-order valence-corrected chi connectivity index (χ3v) is 7.63. The highest BCUT2D eigenvalue weighted by atomic mass is 19.1. The van der Waals surface area contributed by atoms with Crippen molar-refractivity contribution in [3.63, 3.8) is 0 Å². The maximum Gasteiger partial charge on any atom is 0.260 e. The zero-order valence-electron chi connectivity index (χ0n) is 21.3. The summed E-state index contributed by atoms with van der Waals surface area (Å²) < 4.78 is 21.4. The maximum absolute atomic E-state index is 15.6. The highest BCUT2D eigenvalue weighted by molar-refractivity contribution is 5.98. The molecule has 9 heteroatoms.